The Morgan fingerprint density at radius 2 is 2.32 bits per heavy atom. The van der Waals surface area contributed by atoms with Gasteiger partial charge in [-0.3, -0.25) is 9.78 Å². The van der Waals surface area contributed by atoms with E-state index in [-0.39, 0.29) is 18.7 Å². The summed E-state index contributed by atoms with van der Waals surface area (Å²) < 4.78 is 4.90. The number of carbonyl (C=O) groups is 1. The Kier molecular flexibility index (Phi) is 3.66. The number of nitrogens with zero attached hydrogens (tertiary/aromatic N) is 2. The zero-order valence-corrected chi connectivity index (χ0v) is 10.5. The quantitative estimate of drug-likeness (QED) is 0.898. The topological polar surface area (TPSA) is 90.1 Å². The minimum Gasteiger partial charge on any atom is -0.408 e. The van der Waals surface area contributed by atoms with Gasteiger partial charge < -0.3 is 9.32 Å². The highest BCUT2D eigenvalue weighted by atomic mass is 16.4. The Bertz CT molecular complexity index is 693. The minimum absolute atomic E-state index is 0.0812. The molecule has 1 aromatic carbocycles. The lowest BCUT2D eigenvalue weighted by Crippen LogP contribution is -2.25. The third-order valence-electron chi connectivity index (χ3n) is 2.78. The molecule has 0 saturated carbocycles. The molecule has 1 N–H and O–H groups in total. The monoisotopic (exact) mass is 259 g/mol. The lowest BCUT2D eigenvalue weighted by Gasteiger charge is -2.16. The van der Waals surface area contributed by atoms with Gasteiger partial charge in [-0.05, 0) is 17.7 Å². The Balaban J connectivity index is 2.10. The van der Waals surface area contributed by atoms with Crippen LogP contribution in [0.1, 0.15) is 18.4 Å². The van der Waals surface area contributed by atoms with Crippen molar-refractivity contribution in [1.29, 1.82) is 5.26 Å². The van der Waals surface area contributed by atoms with E-state index in [1.54, 1.807) is 30.1 Å². The Morgan fingerprint density at radius 1 is 1.53 bits per heavy atom. The van der Waals surface area contributed by atoms with E-state index in [1.165, 1.54) is 0 Å². The Morgan fingerprint density at radius 3 is 3.05 bits per heavy atom. The highest BCUT2D eigenvalue weighted by molar-refractivity contribution is 5.76. The van der Waals surface area contributed by atoms with Crippen molar-refractivity contribution in [2.24, 2.45) is 0 Å². The number of hydrogen-bond donors (Lipinski definition) is 1. The smallest absolute Gasteiger partial charge is 0.408 e. The molecule has 6 heteroatoms. The van der Waals surface area contributed by atoms with Gasteiger partial charge in [-0.2, -0.15) is 5.26 Å². The van der Waals surface area contributed by atoms with Gasteiger partial charge in [0.15, 0.2) is 5.58 Å². The van der Waals surface area contributed by atoms with Crippen LogP contribution in [-0.2, 0) is 11.3 Å². The number of rotatable bonds is 4. The van der Waals surface area contributed by atoms with E-state index < -0.39 is 5.76 Å². The number of oxazole rings is 1. The van der Waals surface area contributed by atoms with Crippen molar-refractivity contribution >= 4 is 17.0 Å². The largest absolute Gasteiger partial charge is 0.417 e. The highest BCUT2D eigenvalue weighted by Crippen LogP contribution is 2.13. The minimum atomic E-state index is -0.495. The summed E-state index contributed by atoms with van der Waals surface area (Å²) in [5.41, 5.74) is 1.99. The van der Waals surface area contributed by atoms with Crippen molar-refractivity contribution in [3.8, 4) is 6.07 Å². The summed E-state index contributed by atoms with van der Waals surface area (Å²) in [4.78, 5) is 26.8. The molecule has 2 aromatic rings. The second kappa shape index (κ2) is 5.40. The number of nitriles is 1. The molecule has 0 aliphatic rings. The second-order valence-electron chi connectivity index (χ2n) is 4.25. The molecule has 1 amide bonds. The Labute approximate surface area is 109 Å². The molecule has 2 rings (SSSR count). The van der Waals surface area contributed by atoms with Gasteiger partial charge >= 0.3 is 5.76 Å². The SMILES string of the molecule is CN(Cc1ccc2oc(=O)[nH]c2c1)C(=O)CCC#N. The standard InChI is InChI=1S/C13H13N3O3/c1-16(12(17)3-2-6-14)8-9-4-5-11-10(7-9)15-13(18)19-11/h4-5,7H,2-3,8H2,1H3,(H,15,18). The van der Waals surface area contributed by atoms with E-state index in [9.17, 15) is 9.59 Å². The number of fused-ring (bicyclic) bond motifs is 1. The van der Waals surface area contributed by atoms with E-state index in [1.807, 2.05) is 6.07 Å². The van der Waals surface area contributed by atoms with Crippen LogP contribution in [0, 0.1) is 11.3 Å². The van der Waals surface area contributed by atoms with Crippen molar-refractivity contribution in [1.82, 2.24) is 9.88 Å². The van der Waals surface area contributed by atoms with Crippen LogP contribution in [-0.4, -0.2) is 22.8 Å². The van der Waals surface area contributed by atoms with Gasteiger partial charge in [0.25, 0.3) is 0 Å². The van der Waals surface area contributed by atoms with Gasteiger partial charge in [0.2, 0.25) is 5.91 Å². The van der Waals surface area contributed by atoms with E-state index in [4.69, 9.17) is 9.68 Å². The maximum atomic E-state index is 11.7. The molecular weight excluding hydrogens is 246 g/mol. The zero-order valence-electron chi connectivity index (χ0n) is 10.5. The Hall–Kier alpha value is -2.55. The fourth-order valence-corrected chi connectivity index (χ4v) is 1.81. The average molecular weight is 259 g/mol. The molecule has 0 bridgehead atoms. The van der Waals surface area contributed by atoms with E-state index in [2.05, 4.69) is 4.98 Å². The number of nitrogens with one attached hydrogen (secondary N) is 1. The molecule has 0 atom stereocenters. The van der Waals surface area contributed by atoms with Gasteiger partial charge in [-0.1, -0.05) is 6.07 Å². The average Bonchev–Trinajstić information content (AvgIpc) is 2.75. The molecule has 0 fully saturated rings. The van der Waals surface area contributed by atoms with Crippen LogP contribution in [0.25, 0.3) is 11.1 Å². The predicted molar refractivity (Wildman–Crippen MR) is 68.2 cm³/mol. The molecule has 0 radical (unpaired) electrons. The number of aromatic nitrogens is 1. The zero-order chi connectivity index (χ0) is 13.8. The van der Waals surface area contributed by atoms with Crippen molar-refractivity contribution < 1.29 is 9.21 Å². The van der Waals surface area contributed by atoms with Crippen molar-refractivity contribution in [2.75, 3.05) is 7.05 Å². The van der Waals surface area contributed by atoms with Crippen LogP contribution >= 0.6 is 0 Å². The maximum Gasteiger partial charge on any atom is 0.417 e. The summed E-state index contributed by atoms with van der Waals surface area (Å²) in [6.45, 7) is 0.424. The van der Waals surface area contributed by atoms with Crippen LogP contribution in [0.2, 0.25) is 0 Å². The molecular formula is C13H13N3O3. The second-order valence-corrected chi connectivity index (χ2v) is 4.25. The van der Waals surface area contributed by atoms with E-state index in [0.29, 0.717) is 17.6 Å². The van der Waals surface area contributed by atoms with Gasteiger partial charge in [0, 0.05) is 26.4 Å². The molecule has 98 valence electrons. The van der Waals surface area contributed by atoms with Crippen molar-refractivity contribution in [3.05, 3.63) is 34.3 Å². The first-order valence-corrected chi connectivity index (χ1v) is 5.83. The predicted octanol–water partition coefficient (Wildman–Crippen LogP) is 1.38. The molecule has 6 nitrogen and oxygen atoms in total. The molecule has 19 heavy (non-hydrogen) atoms. The van der Waals surface area contributed by atoms with Gasteiger partial charge in [-0.25, -0.2) is 4.79 Å². The summed E-state index contributed by atoms with van der Waals surface area (Å²) in [6, 6.07) is 7.21. The number of amides is 1. The molecule has 0 aliphatic heterocycles. The summed E-state index contributed by atoms with van der Waals surface area (Å²) in [6.07, 6.45) is 0.440. The van der Waals surface area contributed by atoms with E-state index in [0.717, 1.165) is 5.56 Å². The number of aromatic amines is 1. The van der Waals surface area contributed by atoms with Crippen molar-refractivity contribution in [3.63, 3.8) is 0 Å². The number of hydrogen-bond acceptors (Lipinski definition) is 4. The van der Waals surface area contributed by atoms with Gasteiger partial charge in [0.05, 0.1) is 11.6 Å². The first-order valence-electron chi connectivity index (χ1n) is 5.83. The molecule has 0 unspecified atom stereocenters. The first-order chi connectivity index (χ1) is 9.10. The lowest BCUT2D eigenvalue weighted by atomic mass is 10.2. The van der Waals surface area contributed by atoms with Gasteiger partial charge in [-0.15, -0.1) is 0 Å². The lowest BCUT2D eigenvalue weighted by molar-refractivity contribution is -0.130. The summed E-state index contributed by atoms with van der Waals surface area (Å²) in [7, 11) is 1.68. The summed E-state index contributed by atoms with van der Waals surface area (Å²) in [5.74, 6) is -0.576. The molecule has 0 spiro atoms. The summed E-state index contributed by atoms with van der Waals surface area (Å²) in [5, 5.41) is 8.44. The third kappa shape index (κ3) is 3.01. The van der Waals surface area contributed by atoms with Crippen LogP contribution in [0.5, 0.6) is 0 Å². The fraction of sp³-hybridized carbons (Fsp3) is 0.308. The van der Waals surface area contributed by atoms with E-state index >= 15 is 0 Å². The number of H-pyrrole nitrogens is 1. The third-order valence-corrected chi connectivity index (χ3v) is 2.78. The number of benzene rings is 1. The molecule has 0 saturated heterocycles. The number of carbonyl (C=O) groups excluding carboxylic acids is 1. The van der Waals surface area contributed by atoms with Gasteiger partial charge in [0.1, 0.15) is 0 Å². The molecule has 1 aromatic heterocycles. The summed E-state index contributed by atoms with van der Waals surface area (Å²) >= 11 is 0. The maximum absolute atomic E-state index is 11.7. The van der Waals surface area contributed by atoms with Crippen LogP contribution in [0.15, 0.2) is 27.4 Å². The van der Waals surface area contributed by atoms with Crippen molar-refractivity contribution in [2.45, 2.75) is 19.4 Å². The molecule has 0 aliphatic carbocycles. The highest BCUT2D eigenvalue weighted by Gasteiger charge is 2.10. The van der Waals surface area contributed by atoms with Crippen LogP contribution < -0.4 is 5.76 Å². The van der Waals surface area contributed by atoms with Crippen LogP contribution in [0.3, 0.4) is 0 Å². The fourth-order valence-electron chi connectivity index (χ4n) is 1.81. The normalized spacial score (nSPS) is 10.3. The first kappa shape index (κ1) is 12.9. The molecule has 1 heterocycles. The van der Waals surface area contributed by atoms with Crippen LogP contribution in [0.4, 0.5) is 0 Å².